The van der Waals surface area contributed by atoms with E-state index < -0.39 is 0 Å². The van der Waals surface area contributed by atoms with Gasteiger partial charge in [-0.2, -0.15) is 11.8 Å². The minimum Gasteiger partial charge on any atom is -0.340 e. The number of likely N-dealkylation sites (tertiary alicyclic amines) is 1. The number of rotatable bonds is 2. The van der Waals surface area contributed by atoms with Crippen molar-refractivity contribution in [3.05, 3.63) is 0 Å². The fourth-order valence-corrected chi connectivity index (χ4v) is 5.85. The van der Waals surface area contributed by atoms with E-state index in [2.05, 4.69) is 9.80 Å². The van der Waals surface area contributed by atoms with Crippen molar-refractivity contribution in [3.8, 4) is 0 Å². The molecule has 4 aliphatic heterocycles. The van der Waals surface area contributed by atoms with Crippen molar-refractivity contribution in [2.24, 2.45) is 11.8 Å². The van der Waals surface area contributed by atoms with Gasteiger partial charge in [0.25, 0.3) is 0 Å². The molecule has 0 unspecified atom stereocenters. The van der Waals surface area contributed by atoms with Crippen LogP contribution in [0.15, 0.2) is 0 Å². The maximum Gasteiger partial charge on any atom is 0.236 e. The van der Waals surface area contributed by atoms with Gasteiger partial charge in [0.1, 0.15) is 0 Å². The number of carbonyl (C=O) groups excluding carboxylic acids is 2. The first kappa shape index (κ1) is 15.8. The van der Waals surface area contributed by atoms with Gasteiger partial charge in [0, 0.05) is 56.7 Å². The fourth-order valence-electron chi connectivity index (χ4n) is 4.95. The van der Waals surface area contributed by atoms with Gasteiger partial charge >= 0.3 is 0 Å². The number of nitrogens with zero attached hydrogens (tertiary/aromatic N) is 3. The van der Waals surface area contributed by atoms with E-state index in [9.17, 15) is 9.59 Å². The number of fused-ring (bicyclic) bond motifs is 4. The van der Waals surface area contributed by atoms with Crippen molar-refractivity contribution in [1.29, 1.82) is 0 Å². The molecule has 0 saturated carbocycles. The Kier molecular flexibility index (Phi) is 4.54. The van der Waals surface area contributed by atoms with Crippen LogP contribution in [-0.4, -0.2) is 83.3 Å². The zero-order valence-electron chi connectivity index (χ0n) is 13.8. The average Bonchev–Trinajstić information content (AvgIpc) is 2.57. The summed E-state index contributed by atoms with van der Waals surface area (Å²) in [6.07, 6.45) is 4.20. The van der Waals surface area contributed by atoms with E-state index in [1.165, 1.54) is 6.42 Å². The highest BCUT2D eigenvalue weighted by Gasteiger charge is 2.44. The molecule has 4 rings (SSSR count). The maximum absolute atomic E-state index is 12.5. The SMILES string of the molecule is O=C(CN1C[C@H]2C[C@H](C1)[C@H]1CCCC(=O)N1C2)N1CCSCC1. The van der Waals surface area contributed by atoms with E-state index in [1.54, 1.807) is 0 Å². The van der Waals surface area contributed by atoms with Crippen LogP contribution in [0.5, 0.6) is 0 Å². The molecule has 2 bridgehead atoms. The molecule has 0 N–H and O–H groups in total. The predicted octanol–water partition coefficient (Wildman–Crippen LogP) is 0.895. The van der Waals surface area contributed by atoms with Gasteiger partial charge in [-0.3, -0.25) is 14.5 Å². The smallest absolute Gasteiger partial charge is 0.236 e. The van der Waals surface area contributed by atoms with Crippen LogP contribution in [0.3, 0.4) is 0 Å². The Balaban J connectivity index is 1.37. The minimum absolute atomic E-state index is 0.307. The fraction of sp³-hybridized carbons (Fsp3) is 0.882. The van der Waals surface area contributed by atoms with Crippen LogP contribution in [0.25, 0.3) is 0 Å². The average molecular weight is 337 g/mol. The summed E-state index contributed by atoms with van der Waals surface area (Å²) >= 11 is 1.94. The van der Waals surface area contributed by atoms with Gasteiger partial charge in [-0.05, 0) is 31.1 Å². The van der Waals surface area contributed by atoms with Gasteiger partial charge in [0.2, 0.25) is 11.8 Å². The lowest BCUT2D eigenvalue weighted by molar-refractivity contribution is -0.146. The van der Waals surface area contributed by atoms with Gasteiger partial charge in [-0.25, -0.2) is 0 Å². The monoisotopic (exact) mass is 337 g/mol. The van der Waals surface area contributed by atoms with Crippen LogP contribution in [0.4, 0.5) is 0 Å². The van der Waals surface area contributed by atoms with Crippen molar-refractivity contribution < 1.29 is 9.59 Å². The van der Waals surface area contributed by atoms with Crippen LogP contribution < -0.4 is 0 Å². The zero-order valence-corrected chi connectivity index (χ0v) is 14.6. The second kappa shape index (κ2) is 6.63. The normalized spacial score (nSPS) is 35.1. The lowest BCUT2D eigenvalue weighted by atomic mass is 9.76. The Morgan fingerprint density at radius 2 is 2.00 bits per heavy atom. The first-order valence-corrected chi connectivity index (χ1v) is 10.2. The summed E-state index contributed by atoms with van der Waals surface area (Å²) in [7, 11) is 0. The highest BCUT2D eigenvalue weighted by Crippen LogP contribution is 2.37. The van der Waals surface area contributed by atoms with E-state index >= 15 is 0 Å². The topological polar surface area (TPSA) is 43.9 Å². The number of hydrogen-bond acceptors (Lipinski definition) is 4. The number of thioether (sulfide) groups is 1. The van der Waals surface area contributed by atoms with Crippen molar-refractivity contribution in [3.63, 3.8) is 0 Å². The Bertz CT molecular complexity index is 480. The van der Waals surface area contributed by atoms with E-state index in [-0.39, 0.29) is 0 Å². The second-order valence-electron chi connectivity index (χ2n) is 7.55. The van der Waals surface area contributed by atoms with E-state index in [4.69, 9.17) is 0 Å². The standard InChI is InChI=1S/C17H27N3O2S/c21-16-3-1-2-15-14-8-13(10-20(15)16)9-18(11-14)12-17(22)19-4-6-23-7-5-19/h13-15H,1-12H2/t13-,14-,15-/m1/s1. The third kappa shape index (κ3) is 3.25. The van der Waals surface area contributed by atoms with Crippen LogP contribution in [0.2, 0.25) is 0 Å². The molecule has 0 aromatic carbocycles. The van der Waals surface area contributed by atoms with Crippen LogP contribution in [0.1, 0.15) is 25.7 Å². The van der Waals surface area contributed by atoms with Crippen LogP contribution in [-0.2, 0) is 9.59 Å². The molecule has 2 amide bonds. The largest absolute Gasteiger partial charge is 0.340 e. The molecule has 0 aromatic rings. The van der Waals surface area contributed by atoms with Crippen molar-refractivity contribution in [2.75, 3.05) is 50.8 Å². The van der Waals surface area contributed by atoms with E-state index in [0.717, 1.165) is 63.5 Å². The van der Waals surface area contributed by atoms with E-state index in [0.29, 0.717) is 36.2 Å². The molecule has 6 heteroatoms. The van der Waals surface area contributed by atoms with Crippen molar-refractivity contribution in [2.45, 2.75) is 31.7 Å². The second-order valence-corrected chi connectivity index (χ2v) is 8.78. The maximum atomic E-state index is 12.5. The number of piperidine rings is 3. The molecule has 4 aliphatic rings. The summed E-state index contributed by atoms with van der Waals surface area (Å²) in [5.41, 5.74) is 0. The summed E-state index contributed by atoms with van der Waals surface area (Å²) < 4.78 is 0. The number of carbonyl (C=O) groups is 2. The molecule has 4 saturated heterocycles. The van der Waals surface area contributed by atoms with Gasteiger partial charge in [0.05, 0.1) is 6.54 Å². The van der Waals surface area contributed by atoms with Gasteiger partial charge in [0.15, 0.2) is 0 Å². The number of amides is 2. The van der Waals surface area contributed by atoms with Gasteiger partial charge in [-0.1, -0.05) is 0 Å². The third-order valence-electron chi connectivity index (χ3n) is 5.98. The molecule has 4 heterocycles. The summed E-state index contributed by atoms with van der Waals surface area (Å²) in [6, 6.07) is 0.441. The molecular weight excluding hydrogens is 310 g/mol. The van der Waals surface area contributed by atoms with Gasteiger partial charge < -0.3 is 9.80 Å². The summed E-state index contributed by atoms with van der Waals surface area (Å²) in [4.78, 5) is 31.3. The molecule has 0 spiro atoms. The van der Waals surface area contributed by atoms with Crippen LogP contribution in [0, 0.1) is 11.8 Å². The predicted molar refractivity (Wildman–Crippen MR) is 91.3 cm³/mol. The molecule has 5 nitrogen and oxygen atoms in total. The Morgan fingerprint density at radius 1 is 1.17 bits per heavy atom. The minimum atomic E-state index is 0.307. The Morgan fingerprint density at radius 3 is 2.83 bits per heavy atom. The summed E-state index contributed by atoms with van der Waals surface area (Å²) in [5.74, 6) is 3.98. The molecule has 23 heavy (non-hydrogen) atoms. The first-order chi connectivity index (χ1) is 11.2. The Labute approximate surface area is 142 Å². The van der Waals surface area contributed by atoms with Crippen molar-refractivity contribution in [1.82, 2.24) is 14.7 Å². The zero-order chi connectivity index (χ0) is 15.8. The third-order valence-corrected chi connectivity index (χ3v) is 6.92. The van der Waals surface area contributed by atoms with Crippen molar-refractivity contribution >= 4 is 23.6 Å². The van der Waals surface area contributed by atoms with Gasteiger partial charge in [-0.15, -0.1) is 0 Å². The van der Waals surface area contributed by atoms with Crippen LogP contribution >= 0.6 is 11.8 Å². The molecule has 0 radical (unpaired) electrons. The Hall–Kier alpha value is -0.750. The molecule has 0 aliphatic carbocycles. The molecular formula is C17H27N3O2S. The molecule has 3 atom stereocenters. The summed E-state index contributed by atoms with van der Waals surface area (Å²) in [5, 5.41) is 0. The number of hydrogen-bond donors (Lipinski definition) is 0. The first-order valence-electron chi connectivity index (χ1n) is 9.08. The van der Waals surface area contributed by atoms with E-state index in [1.807, 2.05) is 16.7 Å². The quantitative estimate of drug-likeness (QED) is 0.751. The lowest BCUT2D eigenvalue weighted by Gasteiger charge is -2.52. The molecule has 0 aromatic heterocycles. The molecule has 128 valence electrons. The lowest BCUT2D eigenvalue weighted by Crippen LogP contribution is -2.61. The highest BCUT2D eigenvalue weighted by molar-refractivity contribution is 7.99. The highest BCUT2D eigenvalue weighted by atomic mass is 32.2. The molecule has 4 fully saturated rings. The summed E-state index contributed by atoms with van der Waals surface area (Å²) in [6.45, 7) is 5.31.